The number of nitrogens with zero attached hydrogens (tertiary/aromatic N) is 1. The highest BCUT2D eigenvalue weighted by atomic mass is 16.5. The number of hydrogen-bond acceptors (Lipinski definition) is 3. The van der Waals surface area contributed by atoms with Crippen LogP contribution in [-0.4, -0.2) is 37.0 Å². The number of likely N-dealkylation sites (tertiary alicyclic amines) is 1. The Balaban J connectivity index is 1.44. The van der Waals surface area contributed by atoms with Crippen LogP contribution in [-0.2, 0) is 11.2 Å². The van der Waals surface area contributed by atoms with Gasteiger partial charge in [0.15, 0.2) is 0 Å². The van der Waals surface area contributed by atoms with Gasteiger partial charge in [-0.05, 0) is 74.4 Å². The number of nitrogens with one attached hydrogen (secondary N) is 1. The molecule has 0 radical (unpaired) electrons. The molecule has 166 valence electrons. The van der Waals surface area contributed by atoms with Crippen LogP contribution in [0.4, 0.5) is 0 Å². The third kappa shape index (κ3) is 5.88. The van der Waals surface area contributed by atoms with Crippen molar-refractivity contribution in [2.24, 2.45) is 5.92 Å². The molecule has 1 aliphatic heterocycles. The molecule has 0 bridgehead atoms. The van der Waals surface area contributed by atoms with E-state index >= 15 is 0 Å². The molecule has 2 aromatic carbocycles. The van der Waals surface area contributed by atoms with Crippen molar-refractivity contribution in [3.8, 4) is 5.75 Å². The van der Waals surface area contributed by atoms with E-state index in [2.05, 4.69) is 52.7 Å². The van der Waals surface area contributed by atoms with Crippen molar-refractivity contribution in [2.75, 3.05) is 20.2 Å². The number of ether oxygens (including phenoxy) is 1. The van der Waals surface area contributed by atoms with Crippen LogP contribution < -0.4 is 10.1 Å². The zero-order valence-electron chi connectivity index (χ0n) is 18.8. The van der Waals surface area contributed by atoms with Crippen LogP contribution in [0.5, 0.6) is 5.75 Å². The Morgan fingerprint density at radius 3 is 2.29 bits per heavy atom. The minimum Gasteiger partial charge on any atom is -0.497 e. The maximum absolute atomic E-state index is 13.5. The molecule has 2 fully saturated rings. The van der Waals surface area contributed by atoms with Crippen molar-refractivity contribution in [1.29, 1.82) is 0 Å². The van der Waals surface area contributed by atoms with E-state index in [0.29, 0.717) is 12.0 Å². The molecule has 4 rings (SSSR count). The Morgan fingerprint density at radius 2 is 1.65 bits per heavy atom. The van der Waals surface area contributed by atoms with Gasteiger partial charge in [0.05, 0.1) is 7.11 Å². The van der Waals surface area contributed by atoms with E-state index in [1.165, 1.54) is 24.8 Å². The summed E-state index contributed by atoms with van der Waals surface area (Å²) in [6, 6.07) is 18.9. The molecular weight excluding hydrogens is 384 g/mol. The molecule has 4 heteroatoms. The second kappa shape index (κ2) is 10.8. The first kappa shape index (κ1) is 21.9. The lowest BCUT2D eigenvalue weighted by molar-refractivity contribution is -0.128. The van der Waals surface area contributed by atoms with Crippen molar-refractivity contribution < 1.29 is 9.53 Å². The summed E-state index contributed by atoms with van der Waals surface area (Å²) in [6.07, 6.45) is 9.38. The van der Waals surface area contributed by atoms with Crippen molar-refractivity contribution >= 4 is 5.91 Å². The molecular formula is C27H36N2O2. The molecule has 1 aliphatic carbocycles. The van der Waals surface area contributed by atoms with Gasteiger partial charge in [0.25, 0.3) is 0 Å². The number of hydrogen-bond donors (Lipinski definition) is 1. The summed E-state index contributed by atoms with van der Waals surface area (Å²) < 4.78 is 5.33. The smallest absolute Gasteiger partial charge is 0.242 e. The van der Waals surface area contributed by atoms with Crippen molar-refractivity contribution in [2.45, 2.75) is 63.5 Å². The lowest BCUT2D eigenvalue weighted by Crippen LogP contribution is -2.47. The molecule has 0 spiro atoms. The second-order valence-electron chi connectivity index (χ2n) is 9.19. The highest BCUT2D eigenvalue weighted by Gasteiger charge is 2.32. The van der Waals surface area contributed by atoms with E-state index in [1.807, 2.05) is 12.1 Å². The van der Waals surface area contributed by atoms with Gasteiger partial charge in [-0.2, -0.15) is 0 Å². The second-order valence-corrected chi connectivity index (χ2v) is 9.19. The quantitative estimate of drug-likeness (QED) is 0.674. The summed E-state index contributed by atoms with van der Waals surface area (Å²) in [6.45, 7) is 1.93. The molecule has 1 amide bonds. The third-order valence-electron chi connectivity index (χ3n) is 7.01. The van der Waals surface area contributed by atoms with Gasteiger partial charge in [0.1, 0.15) is 11.8 Å². The first-order chi connectivity index (χ1) is 15.2. The van der Waals surface area contributed by atoms with E-state index in [-0.39, 0.29) is 11.9 Å². The molecule has 31 heavy (non-hydrogen) atoms. The molecule has 1 atom stereocenters. The topological polar surface area (TPSA) is 41.6 Å². The van der Waals surface area contributed by atoms with E-state index < -0.39 is 0 Å². The molecule has 1 heterocycles. The highest BCUT2D eigenvalue weighted by molar-refractivity contribution is 5.83. The standard InChI is InChI=1S/C27H36N2O2/c1-31-25-14-12-23(13-15-25)26(27(30)28-24-10-6-3-7-11-24)29-18-16-22(17-19-29)20-21-8-4-2-5-9-21/h2,4-5,8-9,12-15,22,24,26H,3,6-7,10-11,16-20H2,1H3,(H,28,30)/t26-/m0/s1. The largest absolute Gasteiger partial charge is 0.497 e. The van der Waals surface area contributed by atoms with Crippen molar-refractivity contribution in [3.63, 3.8) is 0 Å². The fourth-order valence-electron chi connectivity index (χ4n) is 5.20. The number of piperidine rings is 1. The Morgan fingerprint density at radius 1 is 0.968 bits per heavy atom. The number of methoxy groups -OCH3 is 1. The normalized spacial score (nSPS) is 19.6. The van der Waals surface area contributed by atoms with Crippen LogP contribution in [0, 0.1) is 5.92 Å². The Bertz CT molecular complexity index is 807. The Kier molecular flexibility index (Phi) is 7.63. The predicted molar refractivity (Wildman–Crippen MR) is 125 cm³/mol. The van der Waals surface area contributed by atoms with Crippen LogP contribution in [0.25, 0.3) is 0 Å². The van der Waals surface area contributed by atoms with Crippen molar-refractivity contribution in [1.82, 2.24) is 10.2 Å². The molecule has 4 nitrogen and oxygen atoms in total. The molecule has 0 unspecified atom stereocenters. The van der Waals surface area contributed by atoms with Gasteiger partial charge < -0.3 is 10.1 Å². The zero-order chi connectivity index (χ0) is 21.5. The first-order valence-corrected chi connectivity index (χ1v) is 12.0. The number of rotatable bonds is 7. The highest BCUT2D eigenvalue weighted by Crippen LogP contribution is 2.30. The van der Waals surface area contributed by atoms with Gasteiger partial charge in [-0.3, -0.25) is 9.69 Å². The summed E-state index contributed by atoms with van der Waals surface area (Å²) in [5.41, 5.74) is 2.48. The summed E-state index contributed by atoms with van der Waals surface area (Å²) >= 11 is 0. The van der Waals surface area contributed by atoms with Crippen LogP contribution >= 0.6 is 0 Å². The third-order valence-corrected chi connectivity index (χ3v) is 7.01. The number of benzene rings is 2. The molecule has 1 N–H and O–H groups in total. The van der Waals surface area contributed by atoms with Crippen LogP contribution in [0.2, 0.25) is 0 Å². The van der Waals surface area contributed by atoms with E-state index in [4.69, 9.17) is 4.74 Å². The number of amides is 1. The Labute approximate surface area is 187 Å². The van der Waals surface area contributed by atoms with E-state index in [0.717, 1.165) is 56.5 Å². The van der Waals surface area contributed by atoms with E-state index in [1.54, 1.807) is 7.11 Å². The van der Waals surface area contributed by atoms with Gasteiger partial charge in [-0.25, -0.2) is 0 Å². The predicted octanol–water partition coefficient (Wildman–Crippen LogP) is 5.14. The molecule has 2 aromatic rings. The van der Waals surface area contributed by atoms with Crippen LogP contribution in [0.1, 0.15) is 62.1 Å². The zero-order valence-corrected chi connectivity index (χ0v) is 18.8. The van der Waals surface area contributed by atoms with Gasteiger partial charge in [-0.1, -0.05) is 61.7 Å². The average Bonchev–Trinajstić information content (AvgIpc) is 2.82. The summed E-state index contributed by atoms with van der Waals surface area (Å²) in [7, 11) is 1.68. The lowest BCUT2D eigenvalue weighted by Gasteiger charge is -2.38. The minimum atomic E-state index is -0.217. The molecule has 0 aromatic heterocycles. The maximum atomic E-state index is 13.5. The monoisotopic (exact) mass is 420 g/mol. The number of carbonyl (C=O) groups excluding carboxylic acids is 1. The Hall–Kier alpha value is -2.33. The van der Waals surface area contributed by atoms with Gasteiger partial charge in [-0.15, -0.1) is 0 Å². The molecule has 1 saturated carbocycles. The van der Waals surface area contributed by atoms with Crippen molar-refractivity contribution in [3.05, 3.63) is 65.7 Å². The SMILES string of the molecule is COc1ccc([C@@H](C(=O)NC2CCCCC2)N2CCC(Cc3ccccc3)CC2)cc1. The van der Waals surface area contributed by atoms with Gasteiger partial charge >= 0.3 is 0 Å². The average molecular weight is 421 g/mol. The maximum Gasteiger partial charge on any atom is 0.242 e. The molecule has 1 saturated heterocycles. The fraction of sp³-hybridized carbons (Fsp3) is 0.519. The molecule has 2 aliphatic rings. The first-order valence-electron chi connectivity index (χ1n) is 12.0. The van der Waals surface area contributed by atoms with Crippen LogP contribution in [0.3, 0.4) is 0 Å². The van der Waals surface area contributed by atoms with Gasteiger partial charge in [0.2, 0.25) is 5.91 Å². The number of carbonyl (C=O) groups is 1. The summed E-state index contributed by atoms with van der Waals surface area (Å²) in [4.78, 5) is 15.8. The lowest BCUT2D eigenvalue weighted by atomic mass is 9.88. The van der Waals surface area contributed by atoms with Crippen LogP contribution in [0.15, 0.2) is 54.6 Å². The van der Waals surface area contributed by atoms with E-state index in [9.17, 15) is 4.79 Å². The summed E-state index contributed by atoms with van der Waals surface area (Å²) in [5.74, 6) is 1.69. The minimum absolute atomic E-state index is 0.165. The summed E-state index contributed by atoms with van der Waals surface area (Å²) in [5, 5.41) is 3.38. The van der Waals surface area contributed by atoms with Gasteiger partial charge in [0, 0.05) is 6.04 Å². The fourth-order valence-corrected chi connectivity index (χ4v) is 5.20.